The lowest BCUT2D eigenvalue weighted by Crippen LogP contribution is -2.48. The van der Waals surface area contributed by atoms with Crippen LogP contribution in [0, 0.1) is 21.4 Å². The molecule has 1 heterocycles. The normalized spacial score (nSPS) is 17.9. The third-order valence-electron chi connectivity index (χ3n) is 3.68. The molecule has 1 fully saturated rings. The average Bonchev–Trinajstić information content (AvgIpc) is 2.53. The van der Waals surface area contributed by atoms with E-state index in [9.17, 15) is 14.9 Å². The quantitative estimate of drug-likeness (QED) is 0.672. The van der Waals surface area contributed by atoms with Gasteiger partial charge in [-0.25, -0.2) is 0 Å². The number of amides is 1. The molecular formula is C14H16N4O3. The van der Waals surface area contributed by atoms with Crippen molar-refractivity contribution in [2.75, 3.05) is 18.5 Å². The van der Waals surface area contributed by atoms with Crippen molar-refractivity contribution in [2.45, 2.75) is 25.3 Å². The molecule has 0 bridgehead atoms. The minimum atomic E-state index is -0.569. The Morgan fingerprint density at radius 2 is 2.29 bits per heavy atom. The van der Waals surface area contributed by atoms with Gasteiger partial charge in [-0.1, -0.05) is 0 Å². The molecule has 2 rings (SSSR count). The number of anilines is 1. The molecule has 1 aromatic rings. The molecule has 0 spiro atoms. The molecule has 1 N–H and O–H groups in total. The Hall–Kier alpha value is -2.62. The topological polar surface area (TPSA) is 99.3 Å². The van der Waals surface area contributed by atoms with E-state index in [0.717, 1.165) is 12.8 Å². The number of nitro benzene ring substituents is 1. The summed E-state index contributed by atoms with van der Waals surface area (Å²) in [5, 5.41) is 22.6. The number of piperidine rings is 1. The highest BCUT2D eigenvalue weighted by Crippen LogP contribution is 2.29. The molecule has 0 radical (unpaired) electrons. The predicted molar refractivity (Wildman–Crippen MR) is 76.9 cm³/mol. The number of carbonyl (C=O) groups excluding carboxylic acids is 1. The maximum Gasteiger partial charge on any atom is 0.289 e. The molecule has 1 saturated heterocycles. The molecule has 110 valence electrons. The second-order valence-corrected chi connectivity index (χ2v) is 4.89. The largest absolute Gasteiger partial charge is 0.359 e. The number of nitrogens with zero attached hydrogens (tertiary/aromatic N) is 3. The molecule has 7 heteroatoms. The molecule has 1 amide bonds. The molecule has 1 atom stereocenters. The Labute approximate surface area is 122 Å². The van der Waals surface area contributed by atoms with Crippen molar-refractivity contribution in [3.05, 3.63) is 33.9 Å². The van der Waals surface area contributed by atoms with E-state index in [1.54, 1.807) is 13.1 Å². The van der Waals surface area contributed by atoms with Gasteiger partial charge in [0.05, 0.1) is 4.92 Å². The van der Waals surface area contributed by atoms with Crippen molar-refractivity contribution in [3.8, 4) is 6.07 Å². The number of hydrogen-bond acceptors (Lipinski definition) is 5. The fourth-order valence-corrected chi connectivity index (χ4v) is 2.62. The summed E-state index contributed by atoms with van der Waals surface area (Å²) in [6, 6.07) is 5.96. The predicted octanol–water partition coefficient (Wildman–Crippen LogP) is 1.57. The van der Waals surface area contributed by atoms with Crippen LogP contribution in [0.2, 0.25) is 0 Å². The lowest BCUT2D eigenvalue weighted by Gasteiger charge is -2.36. The highest BCUT2D eigenvalue weighted by atomic mass is 16.6. The maximum atomic E-state index is 12.0. The summed E-state index contributed by atoms with van der Waals surface area (Å²) in [5.41, 5.74) is 0.405. The van der Waals surface area contributed by atoms with Crippen LogP contribution in [0.4, 0.5) is 11.4 Å². The zero-order chi connectivity index (χ0) is 15.4. The van der Waals surface area contributed by atoms with Crippen molar-refractivity contribution in [3.63, 3.8) is 0 Å². The molecule has 7 nitrogen and oxygen atoms in total. The molecule has 1 aliphatic heterocycles. The summed E-state index contributed by atoms with van der Waals surface area (Å²) in [4.78, 5) is 24.3. The first-order chi connectivity index (χ1) is 10.1. The Balaban J connectivity index is 2.39. The van der Waals surface area contributed by atoms with E-state index >= 15 is 0 Å². The van der Waals surface area contributed by atoms with E-state index in [1.165, 1.54) is 12.1 Å². The Bertz CT molecular complexity index is 609. The highest BCUT2D eigenvalue weighted by Gasteiger charge is 2.29. The van der Waals surface area contributed by atoms with Crippen LogP contribution in [0.1, 0.15) is 24.8 Å². The molecule has 0 aromatic heterocycles. The van der Waals surface area contributed by atoms with E-state index in [4.69, 9.17) is 5.26 Å². The van der Waals surface area contributed by atoms with Crippen molar-refractivity contribution in [1.29, 1.82) is 5.26 Å². The third kappa shape index (κ3) is 2.94. The first-order valence-corrected chi connectivity index (χ1v) is 6.75. The molecule has 0 aliphatic carbocycles. The number of rotatable bonds is 3. The molecule has 1 aromatic carbocycles. The molecule has 1 aliphatic rings. The summed E-state index contributed by atoms with van der Waals surface area (Å²) in [7, 11) is 1.58. The van der Waals surface area contributed by atoms with Gasteiger partial charge in [-0.2, -0.15) is 5.26 Å². The van der Waals surface area contributed by atoms with Crippen LogP contribution in [0.5, 0.6) is 0 Å². The standard InChI is InChI=1S/C14H16N4O3/c1-16-14(19)12-4-2-3-7-17(12)11-6-5-10(9-15)13(8-11)18(20)21/h5-6,8,12H,2-4,7H2,1H3,(H,16,19). The number of likely N-dealkylation sites (N-methyl/N-ethyl adjacent to an activating group) is 1. The minimum absolute atomic E-state index is 0.0252. The fourth-order valence-electron chi connectivity index (χ4n) is 2.62. The van der Waals surface area contributed by atoms with E-state index in [2.05, 4.69) is 5.32 Å². The summed E-state index contributed by atoms with van der Waals surface area (Å²) >= 11 is 0. The van der Waals surface area contributed by atoms with Gasteiger partial charge < -0.3 is 10.2 Å². The van der Waals surface area contributed by atoms with Gasteiger partial charge in [-0.05, 0) is 31.4 Å². The lowest BCUT2D eigenvalue weighted by molar-refractivity contribution is -0.385. The van der Waals surface area contributed by atoms with Crippen molar-refractivity contribution < 1.29 is 9.72 Å². The van der Waals surface area contributed by atoms with Gasteiger partial charge >= 0.3 is 0 Å². The SMILES string of the molecule is CNC(=O)C1CCCCN1c1ccc(C#N)c([N+](=O)[O-])c1. The molecular weight excluding hydrogens is 272 g/mol. The van der Waals surface area contributed by atoms with Crippen LogP contribution in [-0.2, 0) is 4.79 Å². The second-order valence-electron chi connectivity index (χ2n) is 4.89. The number of carbonyl (C=O) groups is 1. The summed E-state index contributed by atoms with van der Waals surface area (Å²) in [6.07, 6.45) is 2.60. The van der Waals surface area contributed by atoms with Crippen LogP contribution in [-0.4, -0.2) is 30.5 Å². The van der Waals surface area contributed by atoms with E-state index in [0.29, 0.717) is 18.7 Å². The van der Waals surface area contributed by atoms with Crippen LogP contribution >= 0.6 is 0 Å². The van der Waals surface area contributed by atoms with Crippen LogP contribution in [0.15, 0.2) is 18.2 Å². The van der Waals surface area contributed by atoms with Gasteiger partial charge in [0.2, 0.25) is 5.91 Å². The summed E-state index contributed by atoms with van der Waals surface area (Å²) in [6.45, 7) is 0.668. The molecule has 21 heavy (non-hydrogen) atoms. The smallest absolute Gasteiger partial charge is 0.289 e. The van der Waals surface area contributed by atoms with E-state index in [-0.39, 0.29) is 23.2 Å². The van der Waals surface area contributed by atoms with Gasteiger partial charge in [-0.3, -0.25) is 14.9 Å². The number of nitrogens with one attached hydrogen (secondary N) is 1. The summed E-state index contributed by atoms with van der Waals surface area (Å²) in [5.74, 6) is -0.0956. The molecule has 1 unspecified atom stereocenters. The van der Waals surface area contributed by atoms with Gasteiger partial charge in [0.1, 0.15) is 17.7 Å². The van der Waals surface area contributed by atoms with Gasteiger partial charge in [-0.15, -0.1) is 0 Å². The number of nitriles is 1. The lowest BCUT2D eigenvalue weighted by atomic mass is 10.00. The van der Waals surface area contributed by atoms with Crippen LogP contribution in [0.25, 0.3) is 0 Å². The summed E-state index contributed by atoms with van der Waals surface area (Å²) < 4.78 is 0. The first-order valence-electron chi connectivity index (χ1n) is 6.75. The Kier molecular flexibility index (Phi) is 4.38. The monoisotopic (exact) mass is 288 g/mol. The van der Waals surface area contributed by atoms with E-state index < -0.39 is 4.92 Å². The fraction of sp³-hybridized carbons (Fsp3) is 0.429. The Morgan fingerprint density at radius 1 is 1.52 bits per heavy atom. The number of hydrogen-bond donors (Lipinski definition) is 1. The number of nitro groups is 1. The molecule has 0 saturated carbocycles. The second kappa shape index (κ2) is 6.22. The van der Waals surface area contributed by atoms with Crippen LogP contribution in [0.3, 0.4) is 0 Å². The van der Waals surface area contributed by atoms with Crippen LogP contribution < -0.4 is 10.2 Å². The van der Waals surface area contributed by atoms with Crippen molar-refractivity contribution >= 4 is 17.3 Å². The van der Waals surface area contributed by atoms with E-state index in [1.807, 2.05) is 11.0 Å². The third-order valence-corrected chi connectivity index (χ3v) is 3.68. The van der Waals surface area contributed by atoms with Gasteiger partial charge in [0.25, 0.3) is 5.69 Å². The highest BCUT2D eigenvalue weighted by molar-refractivity contribution is 5.85. The zero-order valence-corrected chi connectivity index (χ0v) is 11.7. The van der Waals surface area contributed by atoms with Crippen molar-refractivity contribution in [1.82, 2.24) is 5.32 Å². The zero-order valence-electron chi connectivity index (χ0n) is 11.7. The van der Waals surface area contributed by atoms with Crippen molar-refractivity contribution in [2.24, 2.45) is 0 Å². The number of benzene rings is 1. The first kappa shape index (κ1) is 14.8. The van der Waals surface area contributed by atoms with Gasteiger partial charge in [0, 0.05) is 25.3 Å². The maximum absolute atomic E-state index is 12.0. The Morgan fingerprint density at radius 3 is 2.90 bits per heavy atom. The van der Waals surface area contributed by atoms with Gasteiger partial charge in [0.15, 0.2) is 0 Å². The minimum Gasteiger partial charge on any atom is -0.359 e. The average molecular weight is 288 g/mol.